The molecular weight excluding hydrogens is 230 g/mol. The van der Waals surface area contributed by atoms with Crippen molar-refractivity contribution in [2.75, 3.05) is 0 Å². The maximum absolute atomic E-state index is 11.6. The van der Waals surface area contributed by atoms with Gasteiger partial charge in [0.2, 0.25) is 0 Å². The quantitative estimate of drug-likeness (QED) is 0.843. The van der Waals surface area contributed by atoms with Gasteiger partial charge in [-0.25, -0.2) is 4.68 Å². The molecule has 0 fully saturated rings. The van der Waals surface area contributed by atoms with Crippen LogP contribution in [0, 0.1) is 18.3 Å². The molecule has 2 rings (SSSR count). The highest BCUT2D eigenvalue weighted by Gasteiger charge is 2.03. The monoisotopic (exact) mass is 241 g/mol. The summed E-state index contributed by atoms with van der Waals surface area (Å²) < 4.78 is 1.25. The van der Waals surface area contributed by atoms with Crippen LogP contribution in [0.2, 0.25) is 0 Å². The standard InChI is InChI=1S/C13H11N3O2/c1-9-6-10(7-14)2-3-11(9)8-16-13(18)5-4-12(17)15-16/h2-6H,8H2,1H3,(H,15,17). The highest BCUT2D eigenvalue weighted by atomic mass is 16.1. The normalized spacial score (nSPS) is 10.0. The fourth-order valence-corrected chi connectivity index (χ4v) is 1.69. The van der Waals surface area contributed by atoms with Crippen LogP contribution in [0.5, 0.6) is 0 Å². The van der Waals surface area contributed by atoms with Gasteiger partial charge in [-0.05, 0) is 30.2 Å². The van der Waals surface area contributed by atoms with Gasteiger partial charge in [0.15, 0.2) is 0 Å². The summed E-state index contributed by atoms with van der Waals surface area (Å²) in [6.07, 6.45) is 0. The average molecular weight is 241 g/mol. The molecule has 5 heteroatoms. The summed E-state index contributed by atoms with van der Waals surface area (Å²) in [5.41, 5.74) is 1.79. The molecule has 0 saturated carbocycles. The predicted molar refractivity (Wildman–Crippen MR) is 66.3 cm³/mol. The minimum atomic E-state index is -0.319. The van der Waals surface area contributed by atoms with Crippen molar-refractivity contribution in [3.05, 3.63) is 67.7 Å². The van der Waals surface area contributed by atoms with E-state index in [1.54, 1.807) is 18.2 Å². The molecule has 0 spiro atoms. The molecule has 0 aliphatic rings. The second-order valence-electron chi connectivity index (χ2n) is 3.99. The Balaban J connectivity index is 2.41. The van der Waals surface area contributed by atoms with Crippen LogP contribution in [0.4, 0.5) is 0 Å². The van der Waals surface area contributed by atoms with Gasteiger partial charge in [0.05, 0.1) is 18.2 Å². The van der Waals surface area contributed by atoms with E-state index in [2.05, 4.69) is 11.2 Å². The van der Waals surface area contributed by atoms with Gasteiger partial charge >= 0.3 is 0 Å². The summed E-state index contributed by atoms with van der Waals surface area (Å²) in [6, 6.07) is 9.71. The zero-order valence-corrected chi connectivity index (χ0v) is 9.80. The molecular formula is C13H11N3O2. The Morgan fingerprint density at radius 1 is 1.28 bits per heavy atom. The van der Waals surface area contributed by atoms with Crippen LogP contribution in [0.1, 0.15) is 16.7 Å². The van der Waals surface area contributed by atoms with Crippen LogP contribution in [0.3, 0.4) is 0 Å². The predicted octanol–water partition coefficient (Wildman–Crippen LogP) is 0.765. The largest absolute Gasteiger partial charge is 0.268 e. The Morgan fingerprint density at radius 2 is 2.06 bits per heavy atom. The molecule has 2 aromatic rings. The maximum Gasteiger partial charge on any atom is 0.265 e. The van der Waals surface area contributed by atoms with Crippen LogP contribution in [-0.2, 0) is 6.54 Å². The van der Waals surface area contributed by atoms with Gasteiger partial charge < -0.3 is 0 Å². The van der Waals surface area contributed by atoms with Gasteiger partial charge in [0.1, 0.15) is 0 Å². The Hall–Kier alpha value is -2.61. The summed E-state index contributed by atoms with van der Waals surface area (Å²) >= 11 is 0. The van der Waals surface area contributed by atoms with E-state index in [1.807, 2.05) is 6.92 Å². The van der Waals surface area contributed by atoms with Gasteiger partial charge in [-0.1, -0.05) is 6.07 Å². The van der Waals surface area contributed by atoms with Crippen LogP contribution in [0.15, 0.2) is 39.9 Å². The SMILES string of the molecule is Cc1cc(C#N)ccc1Cn1[nH]c(=O)ccc1=O. The van der Waals surface area contributed by atoms with Crippen LogP contribution >= 0.6 is 0 Å². The fraction of sp³-hybridized carbons (Fsp3) is 0.154. The average Bonchev–Trinajstić information content (AvgIpc) is 2.36. The van der Waals surface area contributed by atoms with Crippen LogP contribution in [0.25, 0.3) is 0 Å². The van der Waals surface area contributed by atoms with E-state index in [-0.39, 0.29) is 17.7 Å². The number of aromatic amines is 1. The minimum Gasteiger partial charge on any atom is -0.268 e. The number of rotatable bonds is 2. The highest BCUT2D eigenvalue weighted by molar-refractivity contribution is 5.37. The van der Waals surface area contributed by atoms with Crippen molar-refractivity contribution >= 4 is 0 Å². The second kappa shape index (κ2) is 4.72. The van der Waals surface area contributed by atoms with Gasteiger partial charge in [0.25, 0.3) is 11.1 Å². The highest BCUT2D eigenvalue weighted by Crippen LogP contribution is 2.10. The molecule has 0 aliphatic carbocycles. The number of aromatic nitrogens is 2. The molecule has 0 atom stereocenters. The Bertz CT molecular complexity index is 735. The number of H-pyrrole nitrogens is 1. The maximum atomic E-state index is 11.6. The number of hydrogen-bond acceptors (Lipinski definition) is 3. The number of nitrogens with one attached hydrogen (secondary N) is 1. The van der Waals surface area contributed by atoms with E-state index in [9.17, 15) is 9.59 Å². The molecule has 1 N–H and O–H groups in total. The van der Waals surface area contributed by atoms with Crippen molar-refractivity contribution < 1.29 is 0 Å². The third-order valence-corrected chi connectivity index (χ3v) is 2.69. The molecule has 1 aromatic carbocycles. The van der Waals surface area contributed by atoms with E-state index in [1.165, 1.54) is 16.8 Å². The minimum absolute atomic E-state index is 0.265. The number of benzene rings is 1. The third kappa shape index (κ3) is 2.38. The summed E-state index contributed by atoms with van der Waals surface area (Å²) in [5, 5.41) is 11.2. The first-order valence-electron chi connectivity index (χ1n) is 5.40. The van der Waals surface area contributed by atoms with Crippen molar-refractivity contribution in [3.8, 4) is 6.07 Å². The van der Waals surface area contributed by atoms with E-state index in [4.69, 9.17) is 5.26 Å². The Kier molecular flexibility index (Phi) is 3.11. The van der Waals surface area contributed by atoms with Gasteiger partial charge in [-0.2, -0.15) is 5.26 Å². The first-order valence-corrected chi connectivity index (χ1v) is 5.40. The van der Waals surface area contributed by atoms with E-state index in [0.717, 1.165) is 11.1 Å². The second-order valence-corrected chi connectivity index (χ2v) is 3.99. The fourth-order valence-electron chi connectivity index (χ4n) is 1.69. The van der Waals surface area contributed by atoms with E-state index < -0.39 is 0 Å². The smallest absolute Gasteiger partial charge is 0.265 e. The lowest BCUT2D eigenvalue weighted by Crippen LogP contribution is -2.28. The third-order valence-electron chi connectivity index (χ3n) is 2.69. The van der Waals surface area contributed by atoms with Crippen molar-refractivity contribution in [1.29, 1.82) is 5.26 Å². The van der Waals surface area contributed by atoms with Gasteiger partial charge in [-0.15, -0.1) is 0 Å². The molecule has 5 nitrogen and oxygen atoms in total. The van der Waals surface area contributed by atoms with E-state index >= 15 is 0 Å². The molecule has 0 unspecified atom stereocenters. The van der Waals surface area contributed by atoms with Gasteiger partial charge in [-0.3, -0.25) is 14.7 Å². The molecule has 18 heavy (non-hydrogen) atoms. The first kappa shape index (κ1) is 11.9. The lowest BCUT2D eigenvalue weighted by Gasteiger charge is -2.08. The molecule has 0 amide bonds. The first-order chi connectivity index (χ1) is 8.60. The van der Waals surface area contributed by atoms with Crippen molar-refractivity contribution in [3.63, 3.8) is 0 Å². The van der Waals surface area contributed by atoms with Crippen LogP contribution < -0.4 is 11.1 Å². The molecule has 1 aromatic heterocycles. The lowest BCUT2D eigenvalue weighted by molar-refractivity contribution is 0.625. The summed E-state index contributed by atoms with van der Waals surface area (Å²) in [5.74, 6) is 0. The number of nitrogens with zero attached hydrogens (tertiary/aromatic N) is 2. The summed E-state index contributed by atoms with van der Waals surface area (Å²) in [6.45, 7) is 2.15. The topological polar surface area (TPSA) is 78.7 Å². The summed E-state index contributed by atoms with van der Waals surface area (Å²) in [7, 11) is 0. The van der Waals surface area contributed by atoms with Crippen LogP contribution in [-0.4, -0.2) is 9.78 Å². The molecule has 0 radical (unpaired) electrons. The number of aryl methyl sites for hydroxylation is 1. The Morgan fingerprint density at radius 3 is 2.72 bits per heavy atom. The Labute approximate surface area is 103 Å². The molecule has 1 heterocycles. The van der Waals surface area contributed by atoms with Crippen molar-refractivity contribution in [1.82, 2.24) is 9.78 Å². The van der Waals surface area contributed by atoms with Crippen molar-refractivity contribution in [2.45, 2.75) is 13.5 Å². The summed E-state index contributed by atoms with van der Waals surface area (Å²) in [4.78, 5) is 22.7. The number of hydrogen-bond donors (Lipinski definition) is 1. The van der Waals surface area contributed by atoms with Gasteiger partial charge in [0, 0.05) is 12.1 Å². The molecule has 0 bridgehead atoms. The molecule has 90 valence electrons. The van der Waals surface area contributed by atoms with E-state index in [0.29, 0.717) is 5.56 Å². The zero-order valence-electron chi connectivity index (χ0n) is 9.80. The molecule has 0 aliphatic heterocycles. The number of nitriles is 1. The zero-order chi connectivity index (χ0) is 13.1. The lowest BCUT2D eigenvalue weighted by atomic mass is 10.1. The molecule has 0 saturated heterocycles. The van der Waals surface area contributed by atoms with Crippen molar-refractivity contribution in [2.24, 2.45) is 0 Å².